The van der Waals surface area contributed by atoms with Gasteiger partial charge in [0.1, 0.15) is 0 Å². The van der Waals surface area contributed by atoms with E-state index in [0.29, 0.717) is 17.5 Å². The first-order chi connectivity index (χ1) is 18.4. The van der Waals surface area contributed by atoms with Gasteiger partial charge in [-0.3, -0.25) is 0 Å². The van der Waals surface area contributed by atoms with Crippen molar-refractivity contribution in [1.82, 2.24) is 15.0 Å². The van der Waals surface area contributed by atoms with Crippen LogP contribution in [0.3, 0.4) is 0 Å². The number of nitrogens with zero attached hydrogens (tertiary/aromatic N) is 3. The van der Waals surface area contributed by atoms with Gasteiger partial charge in [-0.05, 0) is 16.7 Å². The van der Waals surface area contributed by atoms with Gasteiger partial charge >= 0.3 is 0 Å². The first kappa shape index (κ1) is 22.6. The van der Waals surface area contributed by atoms with Crippen LogP contribution in [0.4, 0.5) is 0 Å². The summed E-state index contributed by atoms with van der Waals surface area (Å²) in [4.78, 5) is 14.9. The van der Waals surface area contributed by atoms with E-state index >= 15 is 0 Å². The van der Waals surface area contributed by atoms with Crippen LogP contribution in [-0.4, -0.2) is 15.0 Å². The second-order valence-electron chi connectivity index (χ2n) is 8.88. The molecule has 1 aromatic heterocycles. The molecule has 0 aliphatic rings. The fourth-order valence-electron chi connectivity index (χ4n) is 4.72. The minimum absolute atomic E-state index is 0.0377. The fraction of sp³-hybridized carbons (Fsp3) is 0.0294. The van der Waals surface area contributed by atoms with Gasteiger partial charge in [-0.15, -0.1) is 0 Å². The summed E-state index contributed by atoms with van der Waals surface area (Å²) in [5.41, 5.74) is 6.52. The number of hydrogen-bond acceptors (Lipinski definition) is 3. The molecule has 37 heavy (non-hydrogen) atoms. The first-order valence-electron chi connectivity index (χ1n) is 12.4. The van der Waals surface area contributed by atoms with Gasteiger partial charge in [0, 0.05) is 22.6 Å². The van der Waals surface area contributed by atoms with Gasteiger partial charge in [0.2, 0.25) is 0 Å². The molecule has 0 atom stereocenters. The predicted octanol–water partition coefficient (Wildman–Crippen LogP) is 8.05. The number of rotatable bonds is 6. The summed E-state index contributed by atoms with van der Waals surface area (Å²) in [5.74, 6) is 2.03. The highest BCUT2D eigenvalue weighted by Crippen LogP contribution is 2.37. The van der Waals surface area contributed by atoms with E-state index in [2.05, 4.69) is 84.9 Å². The van der Waals surface area contributed by atoms with Crippen molar-refractivity contribution in [1.29, 1.82) is 0 Å². The predicted molar refractivity (Wildman–Crippen MR) is 150 cm³/mol. The molecule has 0 aliphatic heterocycles. The van der Waals surface area contributed by atoms with E-state index in [1.165, 1.54) is 11.1 Å². The van der Waals surface area contributed by atoms with Crippen molar-refractivity contribution in [3.8, 4) is 34.2 Å². The lowest BCUT2D eigenvalue weighted by atomic mass is 9.82. The van der Waals surface area contributed by atoms with Crippen LogP contribution in [0.1, 0.15) is 22.6 Å². The average Bonchev–Trinajstić information content (AvgIpc) is 2.99. The Morgan fingerprint density at radius 3 is 1.22 bits per heavy atom. The number of aromatic nitrogens is 3. The molecular formula is C34H25N3. The second-order valence-corrected chi connectivity index (χ2v) is 8.88. The Morgan fingerprint density at radius 1 is 0.351 bits per heavy atom. The Hall–Kier alpha value is -4.89. The topological polar surface area (TPSA) is 38.7 Å². The third-order valence-electron chi connectivity index (χ3n) is 6.48. The van der Waals surface area contributed by atoms with Gasteiger partial charge in [-0.2, -0.15) is 0 Å². The molecule has 0 N–H and O–H groups in total. The average molecular weight is 476 g/mol. The van der Waals surface area contributed by atoms with Crippen molar-refractivity contribution >= 4 is 0 Å². The Kier molecular flexibility index (Phi) is 6.33. The van der Waals surface area contributed by atoms with Crippen molar-refractivity contribution in [2.24, 2.45) is 0 Å². The van der Waals surface area contributed by atoms with E-state index < -0.39 is 0 Å². The summed E-state index contributed by atoms with van der Waals surface area (Å²) in [6.07, 6.45) is 0. The second kappa shape index (κ2) is 10.4. The summed E-state index contributed by atoms with van der Waals surface area (Å²) in [5, 5.41) is 0. The van der Waals surface area contributed by atoms with Crippen LogP contribution in [0.2, 0.25) is 0 Å². The molecule has 0 bridgehead atoms. The molecule has 0 saturated heterocycles. The maximum absolute atomic E-state index is 5.01. The van der Waals surface area contributed by atoms with E-state index in [-0.39, 0.29) is 5.92 Å². The first-order valence-corrected chi connectivity index (χ1v) is 12.4. The SMILES string of the molecule is c1ccc(-c2nc(-c3ccccc3)nc(-c3ccccc3C(c3ccccc3)c3ccccc3)n2)cc1. The lowest BCUT2D eigenvalue weighted by molar-refractivity contribution is 0.970. The van der Waals surface area contributed by atoms with Crippen LogP contribution in [-0.2, 0) is 0 Å². The Bertz CT molecular complexity index is 1500. The smallest absolute Gasteiger partial charge is 0.164 e. The molecule has 0 radical (unpaired) electrons. The van der Waals surface area contributed by atoms with E-state index in [1.54, 1.807) is 0 Å². The molecule has 1 heterocycles. The van der Waals surface area contributed by atoms with Gasteiger partial charge in [0.15, 0.2) is 17.5 Å². The molecule has 0 unspecified atom stereocenters. The summed E-state index contributed by atoms with van der Waals surface area (Å²) in [6, 6.07) is 49.9. The van der Waals surface area contributed by atoms with Crippen LogP contribution in [0.15, 0.2) is 146 Å². The number of hydrogen-bond donors (Lipinski definition) is 0. The highest BCUT2D eigenvalue weighted by atomic mass is 15.0. The molecule has 0 fully saturated rings. The zero-order chi connectivity index (χ0) is 24.9. The molecule has 6 aromatic rings. The van der Waals surface area contributed by atoms with Crippen molar-refractivity contribution in [3.05, 3.63) is 162 Å². The highest BCUT2D eigenvalue weighted by molar-refractivity contribution is 5.70. The molecule has 6 rings (SSSR count). The quantitative estimate of drug-likeness (QED) is 0.229. The van der Waals surface area contributed by atoms with E-state index in [1.807, 2.05) is 60.7 Å². The molecule has 176 valence electrons. The zero-order valence-electron chi connectivity index (χ0n) is 20.3. The lowest BCUT2D eigenvalue weighted by Gasteiger charge is -2.22. The molecule has 0 saturated carbocycles. The highest BCUT2D eigenvalue weighted by Gasteiger charge is 2.22. The maximum Gasteiger partial charge on any atom is 0.164 e. The Balaban J connectivity index is 1.58. The van der Waals surface area contributed by atoms with Crippen LogP contribution >= 0.6 is 0 Å². The van der Waals surface area contributed by atoms with E-state index in [0.717, 1.165) is 22.3 Å². The maximum atomic E-state index is 5.01. The van der Waals surface area contributed by atoms with Gasteiger partial charge in [0.05, 0.1) is 0 Å². The monoisotopic (exact) mass is 475 g/mol. The van der Waals surface area contributed by atoms with Crippen molar-refractivity contribution in [2.75, 3.05) is 0 Å². The third kappa shape index (κ3) is 4.80. The van der Waals surface area contributed by atoms with Gasteiger partial charge in [-0.1, -0.05) is 146 Å². The largest absolute Gasteiger partial charge is 0.208 e. The van der Waals surface area contributed by atoms with E-state index in [9.17, 15) is 0 Å². The molecule has 3 heteroatoms. The molecular weight excluding hydrogens is 450 g/mol. The molecule has 3 nitrogen and oxygen atoms in total. The van der Waals surface area contributed by atoms with Crippen LogP contribution < -0.4 is 0 Å². The van der Waals surface area contributed by atoms with Crippen LogP contribution in [0.5, 0.6) is 0 Å². The third-order valence-corrected chi connectivity index (χ3v) is 6.48. The van der Waals surface area contributed by atoms with Crippen LogP contribution in [0, 0.1) is 0 Å². The van der Waals surface area contributed by atoms with Crippen molar-refractivity contribution in [2.45, 2.75) is 5.92 Å². The Morgan fingerprint density at radius 2 is 0.730 bits per heavy atom. The van der Waals surface area contributed by atoms with Crippen LogP contribution in [0.25, 0.3) is 34.2 Å². The van der Waals surface area contributed by atoms with Gasteiger partial charge in [0.25, 0.3) is 0 Å². The summed E-state index contributed by atoms with van der Waals surface area (Å²) in [7, 11) is 0. The van der Waals surface area contributed by atoms with Gasteiger partial charge < -0.3 is 0 Å². The normalized spacial score (nSPS) is 10.9. The minimum Gasteiger partial charge on any atom is -0.208 e. The lowest BCUT2D eigenvalue weighted by Crippen LogP contribution is -2.07. The Labute approximate surface area is 217 Å². The standard InChI is InChI=1S/C34H25N3/c1-5-15-25(16-6-1)31(26-17-7-2-8-18-26)29-23-13-14-24-30(29)34-36-32(27-19-9-3-10-20-27)35-33(37-34)28-21-11-4-12-22-28/h1-24,31H. The zero-order valence-corrected chi connectivity index (χ0v) is 20.3. The summed E-state index contributed by atoms with van der Waals surface area (Å²) in [6.45, 7) is 0. The van der Waals surface area contributed by atoms with Crippen molar-refractivity contribution < 1.29 is 0 Å². The molecule has 0 spiro atoms. The minimum atomic E-state index is 0.0377. The van der Waals surface area contributed by atoms with Crippen molar-refractivity contribution in [3.63, 3.8) is 0 Å². The fourth-order valence-corrected chi connectivity index (χ4v) is 4.72. The summed E-state index contributed by atoms with van der Waals surface area (Å²) < 4.78 is 0. The molecule has 0 amide bonds. The summed E-state index contributed by atoms with van der Waals surface area (Å²) >= 11 is 0. The number of benzene rings is 5. The molecule has 0 aliphatic carbocycles. The van der Waals surface area contributed by atoms with Gasteiger partial charge in [-0.25, -0.2) is 15.0 Å². The molecule has 5 aromatic carbocycles. The van der Waals surface area contributed by atoms with E-state index in [4.69, 9.17) is 15.0 Å².